The maximum Gasteiger partial charge on any atom is 0.236 e. The van der Waals surface area contributed by atoms with Crippen molar-refractivity contribution in [2.75, 3.05) is 46.3 Å². The molecule has 25 heavy (non-hydrogen) atoms. The Morgan fingerprint density at radius 3 is 2.76 bits per heavy atom. The van der Waals surface area contributed by atoms with E-state index in [4.69, 9.17) is 5.26 Å². The maximum absolute atomic E-state index is 12.1. The fourth-order valence-electron chi connectivity index (χ4n) is 3.05. The second kappa shape index (κ2) is 8.10. The second-order valence-electron chi connectivity index (χ2n) is 6.47. The van der Waals surface area contributed by atoms with Gasteiger partial charge in [-0.15, -0.1) is 0 Å². The minimum atomic E-state index is 0.0871. The van der Waals surface area contributed by atoms with Crippen molar-refractivity contribution in [2.24, 2.45) is 0 Å². The highest BCUT2D eigenvalue weighted by Gasteiger charge is 2.21. The number of hydrogen-bond acceptors (Lipinski definition) is 5. The van der Waals surface area contributed by atoms with Crippen molar-refractivity contribution in [3.8, 4) is 6.07 Å². The van der Waals surface area contributed by atoms with Gasteiger partial charge in [0.15, 0.2) is 0 Å². The summed E-state index contributed by atoms with van der Waals surface area (Å²) in [6, 6.07) is 8.08. The Bertz CT molecular complexity index is 723. The van der Waals surface area contributed by atoms with Crippen molar-refractivity contribution in [1.82, 2.24) is 24.1 Å². The molecule has 0 aromatic carbocycles. The first-order chi connectivity index (χ1) is 12.2. The van der Waals surface area contributed by atoms with Crippen LogP contribution in [0.1, 0.15) is 12.1 Å². The smallest absolute Gasteiger partial charge is 0.236 e. The highest BCUT2D eigenvalue weighted by molar-refractivity contribution is 5.78. The normalized spacial score (nSPS) is 16.0. The van der Waals surface area contributed by atoms with Crippen LogP contribution in [0.4, 0.5) is 0 Å². The van der Waals surface area contributed by atoms with Gasteiger partial charge >= 0.3 is 0 Å². The Labute approximate surface area is 148 Å². The third-order valence-electron chi connectivity index (χ3n) is 4.61. The third kappa shape index (κ3) is 4.56. The van der Waals surface area contributed by atoms with Crippen LogP contribution < -0.4 is 0 Å². The van der Waals surface area contributed by atoms with Crippen molar-refractivity contribution in [3.63, 3.8) is 0 Å². The Kier molecular flexibility index (Phi) is 5.64. The monoisotopic (exact) mass is 340 g/mol. The number of aromatic nitrogens is 2. The molecule has 0 bridgehead atoms. The van der Waals surface area contributed by atoms with Crippen molar-refractivity contribution < 1.29 is 4.79 Å². The van der Waals surface area contributed by atoms with Gasteiger partial charge in [-0.3, -0.25) is 14.6 Å². The van der Waals surface area contributed by atoms with Crippen LogP contribution in [0.3, 0.4) is 0 Å². The number of nitrogens with zero attached hydrogens (tertiary/aromatic N) is 6. The minimum absolute atomic E-state index is 0.0871. The highest BCUT2D eigenvalue weighted by atomic mass is 16.2. The highest BCUT2D eigenvalue weighted by Crippen LogP contribution is 2.10. The molecular weight excluding hydrogens is 316 g/mol. The zero-order valence-corrected chi connectivity index (χ0v) is 14.6. The van der Waals surface area contributed by atoms with Gasteiger partial charge in [0.2, 0.25) is 5.91 Å². The number of nitriles is 1. The lowest BCUT2D eigenvalue weighted by Crippen LogP contribution is -2.49. The number of fused-ring (bicyclic) bond motifs is 1. The van der Waals surface area contributed by atoms with Crippen LogP contribution in [0.2, 0.25) is 0 Å². The van der Waals surface area contributed by atoms with Crippen LogP contribution in [-0.4, -0.2) is 76.3 Å². The molecule has 3 rings (SSSR count). The molecule has 1 amide bonds. The number of imidazole rings is 1. The molecule has 0 saturated carbocycles. The fourth-order valence-corrected chi connectivity index (χ4v) is 3.05. The number of carbonyl (C=O) groups is 1. The van der Waals surface area contributed by atoms with E-state index in [1.165, 1.54) is 0 Å². The molecule has 0 spiro atoms. The number of piperazine rings is 1. The van der Waals surface area contributed by atoms with Crippen LogP contribution in [-0.2, 0) is 11.3 Å². The Balaban J connectivity index is 1.45. The summed E-state index contributed by atoms with van der Waals surface area (Å²) in [5, 5.41) is 8.60. The van der Waals surface area contributed by atoms with Crippen LogP contribution in [0, 0.1) is 11.3 Å². The molecule has 7 heteroatoms. The van der Waals surface area contributed by atoms with Gasteiger partial charge in [-0.25, -0.2) is 4.98 Å². The summed E-state index contributed by atoms with van der Waals surface area (Å²) in [6.07, 6.45) is 4.47. The predicted molar refractivity (Wildman–Crippen MR) is 94.8 cm³/mol. The van der Waals surface area contributed by atoms with Crippen molar-refractivity contribution in [1.29, 1.82) is 5.26 Å². The molecule has 2 aromatic heterocycles. The summed E-state index contributed by atoms with van der Waals surface area (Å²) in [5.74, 6) is 0.0871. The van der Waals surface area contributed by atoms with Crippen molar-refractivity contribution >= 4 is 11.6 Å². The molecule has 7 nitrogen and oxygen atoms in total. The molecule has 0 unspecified atom stereocenters. The lowest BCUT2D eigenvalue weighted by atomic mass is 10.3. The van der Waals surface area contributed by atoms with Gasteiger partial charge < -0.3 is 9.30 Å². The third-order valence-corrected chi connectivity index (χ3v) is 4.61. The van der Waals surface area contributed by atoms with Crippen LogP contribution >= 0.6 is 0 Å². The van der Waals surface area contributed by atoms with Crippen molar-refractivity contribution in [2.45, 2.75) is 13.0 Å². The number of amides is 1. The molecule has 1 saturated heterocycles. The molecule has 0 aliphatic carbocycles. The standard InChI is InChI=1S/C18H24N6O/c1-21(7-4-6-19)18(25)15-23-11-9-22(10-12-23)13-16-14-24-8-3-2-5-17(24)20-16/h2-3,5,8,14H,4,7,9-13,15H2,1H3. The van der Waals surface area contributed by atoms with E-state index in [0.29, 0.717) is 19.5 Å². The Morgan fingerprint density at radius 1 is 1.28 bits per heavy atom. The van der Waals surface area contributed by atoms with E-state index >= 15 is 0 Å². The topological polar surface area (TPSA) is 67.9 Å². The average molecular weight is 340 g/mol. The first-order valence-electron chi connectivity index (χ1n) is 8.64. The van der Waals surface area contributed by atoms with Crippen LogP contribution in [0.25, 0.3) is 5.65 Å². The molecule has 1 aliphatic rings. The number of pyridine rings is 1. The number of likely N-dealkylation sites (N-methyl/N-ethyl adjacent to an activating group) is 1. The summed E-state index contributed by atoms with van der Waals surface area (Å²) < 4.78 is 2.04. The van der Waals surface area contributed by atoms with Crippen LogP contribution in [0.15, 0.2) is 30.6 Å². The lowest BCUT2D eigenvalue weighted by molar-refractivity contribution is -0.131. The molecule has 2 aromatic rings. The summed E-state index contributed by atoms with van der Waals surface area (Å²) in [6.45, 7) is 5.40. The first kappa shape index (κ1) is 17.4. The Hall–Kier alpha value is -2.43. The van der Waals surface area contributed by atoms with E-state index in [1.54, 1.807) is 11.9 Å². The average Bonchev–Trinajstić information content (AvgIpc) is 3.03. The second-order valence-corrected chi connectivity index (χ2v) is 6.47. The molecule has 132 valence electrons. The minimum Gasteiger partial charge on any atom is -0.344 e. The van der Waals surface area contributed by atoms with Gasteiger partial charge in [0.05, 0.1) is 24.7 Å². The van der Waals surface area contributed by atoms with E-state index in [9.17, 15) is 4.79 Å². The van der Waals surface area contributed by atoms with Gasteiger partial charge in [-0.2, -0.15) is 5.26 Å². The molecule has 3 heterocycles. The first-order valence-corrected chi connectivity index (χ1v) is 8.64. The van der Waals surface area contributed by atoms with Gasteiger partial charge in [0.25, 0.3) is 0 Å². The maximum atomic E-state index is 12.1. The van der Waals surface area contributed by atoms with Crippen LogP contribution in [0.5, 0.6) is 0 Å². The quantitative estimate of drug-likeness (QED) is 0.779. The predicted octanol–water partition coefficient (Wildman–Crippen LogP) is 0.824. The lowest BCUT2D eigenvalue weighted by Gasteiger charge is -2.34. The fraction of sp³-hybridized carbons (Fsp3) is 0.500. The van der Waals surface area contributed by atoms with E-state index in [1.807, 2.05) is 28.8 Å². The zero-order chi connectivity index (χ0) is 17.6. The molecule has 0 atom stereocenters. The summed E-state index contributed by atoms with van der Waals surface area (Å²) in [5.41, 5.74) is 2.05. The summed E-state index contributed by atoms with van der Waals surface area (Å²) in [4.78, 5) is 23.0. The molecule has 1 aliphatic heterocycles. The number of carbonyl (C=O) groups excluding carboxylic acids is 1. The molecule has 0 radical (unpaired) electrons. The van der Waals surface area contributed by atoms with E-state index < -0.39 is 0 Å². The molecular formula is C18H24N6O. The SMILES string of the molecule is CN(CCC#N)C(=O)CN1CCN(Cc2cn3ccccc3n2)CC1. The van der Waals surface area contributed by atoms with E-state index in [-0.39, 0.29) is 5.91 Å². The molecule has 0 N–H and O–H groups in total. The van der Waals surface area contributed by atoms with Gasteiger partial charge in [-0.05, 0) is 12.1 Å². The molecule has 1 fully saturated rings. The van der Waals surface area contributed by atoms with Crippen molar-refractivity contribution in [3.05, 3.63) is 36.3 Å². The van der Waals surface area contributed by atoms with Gasteiger partial charge in [0, 0.05) is 58.7 Å². The number of rotatable bonds is 6. The largest absolute Gasteiger partial charge is 0.344 e. The van der Waals surface area contributed by atoms with Gasteiger partial charge in [0.1, 0.15) is 5.65 Å². The Morgan fingerprint density at radius 2 is 2.04 bits per heavy atom. The van der Waals surface area contributed by atoms with Gasteiger partial charge in [-0.1, -0.05) is 6.07 Å². The summed E-state index contributed by atoms with van der Waals surface area (Å²) >= 11 is 0. The van der Waals surface area contributed by atoms with E-state index in [2.05, 4.69) is 27.0 Å². The van der Waals surface area contributed by atoms with E-state index in [0.717, 1.165) is 44.1 Å². The zero-order valence-electron chi connectivity index (χ0n) is 14.6. The summed E-state index contributed by atoms with van der Waals surface area (Å²) in [7, 11) is 1.76. The number of hydrogen-bond donors (Lipinski definition) is 0.